The van der Waals surface area contributed by atoms with Crippen LogP contribution in [0, 0.1) is 6.92 Å². The largest absolute Gasteiger partial charge is 0.399 e. The fourth-order valence-corrected chi connectivity index (χ4v) is 3.13. The molecule has 0 aliphatic rings. The molecule has 0 amide bonds. The molecule has 0 fully saturated rings. The van der Waals surface area contributed by atoms with E-state index in [1.165, 1.54) is 11.1 Å². The number of nitrogen functional groups attached to an aromatic ring is 1. The molecule has 3 rings (SSSR count). The second kappa shape index (κ2) is 5.13. The molecule has 0 aliphatic carbocycles. The fraction of sp³-hybridized carbons (Fsp3) is 0.188. The van der Waals surface area contributed by atoms with Crippen molar-refractivity contribution in [2.45, 2.75) is 19.9 Å². The molecule has 0 spiro atoms. The number of anilines is 2. The monoisotopic (exact) mass is 283 g/mol. The van der Waals surface area contributed by atoms with Crippen LogP contribution in [0.5, 0.6) is 0 Å². The maximum absolute atomic E-state index is 5.80. The van der Waals surface area contributed by atoms with Crippen LogP contribution in [0.3, 0.4) is 0 Å². The molecule has 3 nitrogen and oxygen atoms in total. The first-order chi connectivity index (χ1) is 9.61. The third kappa shape index (κ3) is 2.60. The summed E-state index contributed by atoms with van der Waals surface area (Å²) in [4.78, 5) is 4.59. The van der Waals surface area contributed by atoms with Crippen LogP contribution in [-0.4, -0.2) is 4.98 Å². The summed E-state index contributed by atoms with van der Waals surface area (Å²) in [7, 11) is 0. The molecule has 1 heterocycles. The van der Waals surface area contributed by atoms with Crippen molar-refractivity contribution in [1.29, 1.82) is 0 Å². The first kappa shape index (κ1) is 12.9. The van der Waals surface area contributed by atoms with Gasteiger partial charge in [0.15, 0.2) is 5.13 Å². The van der Waals surface area contributed by atoms with Gasteiger partial charge in [0.1, 0.15) is 0 Å². The lowest BCUT2D eigenvalue weighted by Crippen LogP contribution is -2.05. The van der Waals surface area contributed by atoms with Gasteiger partial charge in [-0.15, -0.1) is 0 Å². The van der Waals surface area contributed by atoms with Crippen molar-refractivity contribution in [3.63, 3.8) is 0 Å². The van der Waals surface area contributed by atoms with Gasteiger partial charge in [-0.25, -0.2) is 4.98 Å². The van der Waals surface area contributed by atoms with E-state index in [0.717, 1.165) is 21.0 Å². The van der Waals surface area contributed by atoms with Gasteiger partial charge in [0.2, 0.25) is 0 Å². The normalized spacial score (nSPS) is 12.5. The molecule has 0 saturated heterocycles. The lowest BCUT2D eigenvalue weighted by Gasteiger charge is -2.13. The molecule has 102 valence electrons. The number of aryl methyl sites for hydroxylation is 1. The lowest BCUT2D eigenvalue weighted by molar-refractivity contribution is 0.882. The lowest BCUT2D eigenvalue weighted by atomic mass is 10.1. The molecule has 1 aromatic heterocycles. The molecule has 4 heteroatoms. The maximum atomic E-state index is 5.80. The van der Waals surface area contributed by atoms with Crippen molar-refractivity contribution in [2.75, 3.05) is 11.1 Å². The van der Waals surface area contributed by atoms with Crippen molar-refractivity contribution in [3.8, 4) is 0 Å². The molecule has 0 aliphatic heterocycles. The van der Waals surface area contributed by atoms with Gasteiger partial charge in [-0.3, -0.25) is 0 Å². The molecular weight excluding hydrogens is 266 g/mol. The molecule has 2 aromatic carbocycles. The zero-order valence-corrected chi connectivity index (χ0v) is 12.4. The van der Waals surface area contributed by atoms with Crippen LogP contribution < -0.4 is 11.1 Å². The second-order valence-corrected chi connectivity index (χ2v) is 6.05. The van der Waals surface area contributed by atoms with Crippen LogP contribution in [0.15, 0.2) is 42.5 Å². The fourth-order valence-electron chi connectivity index (χ4n) is 2.13. The summed E-state index contributed by atoms with van der Waals surface area (Å²) in [6.07, 6.45) is 0. The summed E-state index contributed by atoms with van der Waals surface area (Å²) in [6.45, 7) is 4.24. The van der Waals surface area contributed by atoms with Crippen molar-refractivity contribution in [3.05, 3.63) is 53.6 Å². The summed E-state index contributed by atoms with van der Waals surface area (Å²) in [5.74, 6) is 0. The van der Waals surface area contributed by atoms with Gasteiger partial charge in [-0.2, -0.15) is 0 Å². The van der Waals surface area contributed by atoms with Gasteiger partial charge in [-0.1, -0.05) is 41.2 Å². The average molecular weight is 283 g/mol. The molecule has 20 heavy (non-hydrogen) atoms. The second-order valence-electron chi connectivity index (χ2n) is 5.02. The Morgan fingerprint density at radius 3 is 2.65 bits per heavy atom. The highest BCUT2D eigenvalue weighted by atomic mass is 32.1. The number of nitrogens with zero attached hydrogens (tertiary/aromatic N) is 1. The first-order valence-electron chi connectivity index (χ1n) is 6.61. The van der Waals surface area contributed by atoms with E-state index >= 15 is 0 Å². The van der Waals surface area contributed by atoms with Crippen LogP contribution in [0.2, 0.25) is 0 Å². The summed E-state index contributed by atoms with van der Waals surface area (Å²) in [5, 5.41) is 4.38. The van der Waals surface area contributed by atoms with Crippen molar-refractivity contribution >= 4 is 32.4 Å². The number of benzene rings is 2. The van der Waals surface area contributed by atoms with E-state index in [9.17, 15) is 0 Å². The van der Waals surface area contributed by atoms with E-state index in [4.69, 9.17) is 5.73 Å². The smallest absolute Gasteiger partial charge is 0.184 e. The Labute approximate surface area is 122 Å². The molecular formula is C16H17N3S. The minimum Gasteiger partial charge on any atom is -0.399 e. The Bertz CT molecular complexity index is 731. The molecule has 1 atom stereocenters. The Balaban J connectivity index is 1.83. The maximum Gasteiger partial charge on any atom is 0.184 e. The van der Waals surface area contributed by atoms with Gasteiger partial charge >= 0.3 is 0 Å². The van der Waals surface area contributed by atoms with Crippen molar-refractivity contribution < 1.29 is 0 Å². The van der Waals surface area contributed by atoms with E-state index in [-0.39, 0.29) is 6.04 Å². The van der Waals surface area contributed by atoms with Crippen LogP contribution in [0.4, 0.5) is 10.8 Å². The molecule has 1 unspecified atom stereocenters. The quantitative estimate of drug-likeness (QED) is 0.702. The number of aromatic nitrogens is 1. The van der Waals surface area contributed by atoms with Crippen molar-refractivity contribution in [1.82, 2.24) is 4.98 Å². The van der Waals surface area contributed by atoms with Crippen molar-refractivity contribution in [2.24, 2.45) is 0 Å². The van der Waals surface area contributed by atoms with Crippen LogP contribution >= 0.6 is 11.3 Å². The summed E-state index contributed by atoms with van der Waals surface area (Å²) >= 11 is 1.64. The number of nitrogens with two attached hydrogens (primary N) is 1. The zero-order chi connectivity index (χ0) is 14.1. The molecule has 0 saturated carbocycles. The number of hydrogen-bond acceptors (Lipinski definition) is 4. The number of nitrogens with one attached hydrogen (secondary N) is 1. The molecule has 3 N–H and O–H groups in total. The summed E-state index contributed by atoms with van der Waals surface area (Å²) < 4.78 is 1.11. The van der Waals surface area contributed by atoms with Gasteiger partial charge in [0, 0.05) is 5.69 Å². The third-order valence-corrected chi connectivity index (χ3v) is 4.28. The number of fused-ring (bicyclic) bond motifs is 1. The Morgan fingerprint density at radius 2 is 1.90 bits per heavy atom. The van der Waals surface area contributed by atoms with Crippen LogP contribution in [0.25, 0.3) is 10.2 Å². The minimum absolute atomic E-state index is 0.230. The van der Waals surface area contributed by atoms with E-state index in [1.807, 2.05) is 18.2 Å². The van der Waals surface area contributed by atoms with Crippen LogP contribution in [0.1, 0.15) is 24.1 Å². The summed E-state index contributed by atoms with van der Waals surface area (Å²) in [6, 6.07) is 14.6. The Hall–Kier alpha value is -2.07. The van der Waals surface area contributed by atoms with E-state index < -0.39 is 0 Å². The number of rotatable bonds is 3. The van der Waals surface area contributed by atoms with Gasteiger partial charge in [-0.05, 0) is 37.6 Å². The third-order valence-electron chi connectivity index (χ3n) is 3.33. The van der Waals surface area contributed by atoms with Gasteiger partial charge < -0.3 is 11.1 Å². The number of thiazole rings is 1. The molecule has 0 radical (unpaired) electrons. The summed E-state index contributed by atoms with van der Waals surface area (Å²) in [5.41, 5.74) is 10.1. The SMILES string of the molecule is Cc1ccc(C(C)Nc2nc3ccc(N)cc3s2)cc1. The average Bonchev–Trinajstić information content (AvgIpc) is 2.80. The standard InChI is InChI=1S/C16H17N3S/c1-10-3-5-12(6-4-10)11(2)18-16-19-14-8-7-13(17)9-15(14)20-16/h3-9,11H,17H2,1-2H3,(H,18,19). The molecule has 0 bridgehead atoms. The van der Waals surface area contributed by atoms with E-state index in [1.54, 1.807) is 11.3 Å². The van der Waals surface area contributed by atoms with Crippen LogP contribution in [-0.2, 0) is 0 Å². The highest BCUT2D eigenvalue weighted by molar-refractivity contribution is 7.22. The van der Waals surface area contributed by atoms with E-state index in [0.29, 0.717) is 0 Å². The minimum atomic E-state index is 0.230. The van der Waals surface area contributed by atoms with Gasteiger partial charge in [0.25, 0.3) is 0 Å². The highest BCUT2D eigenvalue weighted by Crippen LogP contribution is 2.30. The molecule has 3 aromatic rings. The Morgan fingerprint density at radius 1 is 1.15 bits per heavy atom. The Kier molecular flexibility index (Phi) is 3.32. The zero-order valence-electron chi connectivity index (χ0n) is 11.6. The predicted molar refractivity (Wildman–Crippen MR) is 87.2 cm³/mol. The first-order valence-corrected chi connectivity index (χ1v) is 7.42. The van der Waals surface area contributed by atoms with E-state index in [2.05, 4.69) is 48.4 Å². The topological polar surface area (TPSA) is 50.9 Å². The number of hydrogen-bond donors (Lipinski definition) is 2. The highest BCUT2D eigenvalue weighted by Gasteiger charge is 2.09. The van der Waals surface area contributed by atoms with Gasteiger partial charge in [0.05, 0.1) is 16.3 Å². The predicted octanol–water partition coefficient (Wildman–Crippen LogP) is 4.36.